The van der Waals surface area contributed by atoms with Crippen molar-refractivity contribution in [2.75, 3.05) is 6.54 Å². The Hall–Kier alpha value is -3.81. The predicted octanol–water partition coefficient (Wildman–Crippen LogP) is 7.06. The van der Waals surface area contributed by atoms with Gasteiger partial charge >= 0.3 is 12.1 Å². The van der Waals surface area contributed by atoms with Crippen LogP contribution in [0.3, 0.4) is 0 Å². The van der Waals surface area contributed by atoms with Crippen LogP contribution in [0.25, 0.3) is 0 Å². The van der Waals surface area contributed by atoms with Crippen molar-refractivity contribution in [2.45, 2.75) is 70.7 Å². The highest BCUT2D eigenvalue weighted by atomic mass is 19.4. The van der Waals surface area contributed by atoms with E-state index in [9.17, 15) is 27.9 Å². The largest absolute Gasteiger partial charge is 0.487 e. The average Bonchev–Trinajstić information content (AvgIpc) is 3.20. The molecule has 40 heavy (non-hydrogen) atoms. The van der Waals surface area contributed by atoms with Crippen molar-refractivity contribution in [3.63, 3.8) is 0 Å². The monoisotopic (exact) mass is 553 g/mol. The Morgan fingerprint density at radius 2 is 1.52 bits per heavy atom. The molecule has 0 fully saturated rings. The average molecular weight is 554 g/mol. The number of hydrogen-bond acceptors (Lipinski definition) is 3. The minimum atomic E-state index is -4.46. The van der Waals surface area contributed by atoms with E-state index in [1.54, 1.807) is 18.2 Å². The third-order valence-electron chi connectivity index (χ3n) is 7.16. The molecule has 1 N–H and O–H groups in total. The summed E-state index contributed by atoms with van der Waals surface area (Å²) < 4.78 is 45.1. The second kappa shape index (κ2) is 11.0. The molecule has 1 unspecified atom stereocenters. The van der Waals surface area contributed by atoms with E-state index in [-0.39, 0.29) is 24.9 Å². The van der Waals surface area contributed by atoms with E-state index in [1.165, 1.54) is 22.6 Å². The fraction of sp³-hybridized carbons (Fsp3) is 0.375. The van der Waals surface area contributed by atoms with Gasteiger partial charge in [0.05, 0.1) is 12.0 Å². The van der Waals surface area contributed by atoms with Gasteiger partial charge in [0.15, 0.2) is 0 Å². The van der Waals surface area contributed by atoms with Crippen molar-refractivity contribution in [3.8, 4) is 5.75 Å². The van der Waals surface area contributed by atoms with Gasteiger partial charge in [-0.2, -0.15) is 13.2 Å². The first-order valence-electron chi connectivity index (χ1n) is 13.2. The number of carbonyl (C=O) groups excluding carboxylic acids is 1. The first-order chi connectivity index (χ1) is 18.6. The number of fused-ring (bicyclic) bond motifs is 1. The van der Waals surface area contributed by atoms with E-state index in [0.29, 0.717) is 29.7 Å². The predicted molar refractivity (Wildman–Crippen MR) is 146 cm³/mol. The Morgan fingerprint density at radius 1 is 0.925 bits per heavy atom. The van der Waals surface area contributed by atoms with Crippen LogP contribution in [-0.4, -0.2) is 34.0 Å². The molecule has 1 heterocycles. The summed E-state index contributed by atoms with van der Waals surface area (Å²) in [6.45, 7) is 8.46. The molecule has 1 aliphatic rings. The first-order valence-corrected chi connectivity index (χ1v) is 13.2. The molecule has 0 bridgehead atoms. The lowest BCUT2D eigenvalue weighted by Gasteiger charge is -2.25. The third-order valence-corrected chi connectivity index (χ3v) is 7.16. The molecule has 0 saturated carbocycles. The van der Waals surface area contributed by atoms with E-state index in [0.717, 1.165) is 23.3 Å². The summed E-state index contributed by atoms with van der Waals surface area (Å²) in [7, 11) is 0. The van der Waals surface area contributed by atoms with E-state index in [1.807, 2.05) is 6.92 Å². The van der Waals surface area contributed by atoms with Crippen LogP contribution in [-0.2, 0) is 35.8 Å². The number of amides is 1. The van der Waals surface area contributed by atoms with Crippen LogP contribution in [0, 0.1) is 0 Å². The van der Waals surface area contributed by atoms with Gasteiger partial charge in [-0.05, 0) is 64.9 Å². The number of carboxylic acids is 1. The lowest BCUT2D eigenvalue weighted by atomic mass is 9.85. The number of halogens is 3. The molecular formula is C32H34F3NO4. The summed E-state index contributed by atoms with van der Waals surface area (Å²) in [4.78, 5) is 26.0. The molecule has 1 aliphatic heterocycles. The molecule has 1 amide bonds. The fourth-order valence-electron chi connectivity index (χ4n) is 4.99. The number of hydrogen-bond donors (Lipinski definition) is 1. The highest BCUT2D eigenvalue weighted by Crippen LogP contribution is 2.38. The SMILES string of the molecule is CC1(Cc2ccc(C(C)(C)C)cc2)Cc2cc(C(=O)N(CCC(=O)O)Cc3ccc(C(F)(F)F)cc3)ccc2O1. The van der Waals surface area contributed by atoms with Crippen LogP contribution in [0.5, 0.6) is 5.75 Å². The van der Waals surface area contributed by atoms with Gasteiger partial charge in [-0.1, -0.05) is 57.2 Å². The fourth-order valence-corrected chi connectivity index (χ4v) is 4.99. The summed E-state index contributed by atoms with van der Waals surface area (Å²) in [5.41, 5.74) is 2.92. The topological polar surface area (TPSA) is 66.8 Å². The molecule has 8 heteroatoms. The Kier molecular flexibility index (Phi) is 8.01. The maximum absolute atomic E-state index is 13.5. The molecule has 3 aromatic rings. The zero-order chi connectivity index (χ0) is 29.3. The number of ether oxygens (including phenoxy) is 1. The van der Waals surface area contributed by atoms with Crippen molar-refractivity contribution >= 4 is 11.9 Å². The van der Waals surface area contributed by atoms with E-state index in [2.05, 4.69) is 45.0 Å². The van der Waals surface area contributed by atoms with Crippen molar-refractivity contribution in [2.24, 2.45) is 0 Å². The zero-order valence-corrected chi connectivity index (χ0v) is 23.1. The highest BCUT2D eigenvalue weighted by Gasteiger charge is 2.36. The quantitative estimate of drug-likeness (QED) is 0.324. The van der Waals surface area contributed by atoms with Crippen molar-refractivity contribution < 1.29 is 32.6 Å². The van der Waals surface area contributed by atoms with Crippen LogP contribution in [0.15, 0.2) is 66.7 Å². The number of aliphatic carboxylic acids is 1. The smallest absolute Gasteiger partial charge is 0.416 e. The molecule has 4 rings (SSSR count). The van der Waals surface area contributed by atoms with Crippen LogP contribution in [0.2, 0.25) is 0 Å². The van der Waals surface area contributed by atoms with Crippen LogP contribution >= 0.6 is 0 Å². The minimum Gasteiger partial charge on any atom is -0.487 e. The number of nitrogens with zero attached hydrogens (tertiary/aromatic N) is 1. The maximum Gasteiger partial charge on any atom is 0.416 e. The van der Waals surface area contributed by atoms with Gasteiger partial charge in [0.2, 0.25) is 0 Å². The Balaban J connectivity index is 1.49. The summed E-state index contributed by atoms with van der Waals surface area (Å²) in [6.07, 6.45) is -3.47. The molecule has 212 valence electrons. The van der Waals surface area contributed by atoms with E-state index >= 15 is 0 Å². The van der Waals surface area contributed by atoms with Crippen LogP contribution in [0.1, 0.15) is 72.3 Å². The van der Waals surface area contributed by atoms with Crippen LogP contribution in [0.4, 0.5) is 13.2 Å². The van der Waals surface area contributed by atoms with Gasteiger partial charge in [0.25, 0.3) is 5.91 Å². The number of carbonyl (C=O) groups is 2. The Morgan fingerprint density at radius 3 is 2.10 bits per heavy atom. The second-order valence-corrected chi connectivity index (χ2v) is 11.7. The van der Waals surface area contributed by atoms with E-state index in [4.69, 9.17) is 4.74 Å². The highest BCUT2D eigenvalue weighted by molar-refractivity contribution is 5.95. The standard InChI is InChI=1S/C32H34F3NO4/c1-30(2,3)25-10-5-21(6-11-25)18-31(4)19-24-17-23(9-14-27(24)40-31)29(39)36(16-15-28(37)38)20-22-7-12-26(13-8-22)32(33,34)35/h5-14,17H,15-16,18-20H2,1-4H3,(H,37,38). The van der Waals surface area contributed by atoms with Gasteiger partial charge in [0, 0.05) is 31.5 Å². The first kappa shape index (κ1) is 29.2. The summed E-state index contributed by atoms with van der Waals surface area (Å²) in [5, 5.41) is 9.19. The molecule has 3 aromatic carbocycles. The minimum absolute atomic E-state index is 0.0138. The second-order valence-electron chi connectivity index (χ2n) is 11.7. The Bertz CT molecular complexity index is 1380. The van der Waals surface area contributed by atoms with Crippen molar-refractivity contribution in [3.05, 3.63) is 100 Å². The lowest BCUT2D eigenvalue weighted by molar-refractivity contribution is -0.138. The van der Waals surface area contributed by atoms with Gasteiger partial charge in [-0.3, -0.25) is 9.59 Å². The van der Waals surface area contributed by atoms with Crippen molar-refractivity contribution in [1.29, 1.82) is 0 Å². The van der Waals surface area contributed by atoms with Gasteiger partial charge in [-0.15, -0.1) is 0 Å². The molecule has 0 saturated heterocycles. The lowest BCUT2D eigenvalue weighted by Crippen LogP contribution is -2.33. The summed E-state index contributed by atoms with van der Waals surface area (Å²) >= 11 is 0. The molecule has 1 atom stereocenters. The number of benzene rings is 3. The normalized spacial score (nSPS) is 16.8. The maximum atomic E-state index is 13.5. The third kappa shape index (κ3) is 7.03. The van der Waals surface area contributed by atoms with Crippen LogP contribution < -0.4 is 4.74 Å². The molecule has 0 spiro atoms. The van der Waals surface area contributed by atoms with Crippen molar-refractivity contribution in [1.82, 2.24) is 4.90 Å². The molecule has 0 aromatic heterocycles. The van der Waals surface area contributed by atoms with Gasteiger partial charge < -0.3 is 14.7 Å². The summed E-state index contributed by atoms with van der Waals surface area (Å²) in [5.74, 6) is -0.764. The number of alkyl halides is 3. The number of carboxylic acid groups (broad SMARTS) is 1. The van der Waals surface area contributed by atoms with Gasteiger partial charge in [0.1, 0.15) is 11.4 Å². The zero-order valence-electron chi connectivity index (χ0n) is 23.1. The van der Waals surface area contributed by atoms with E-state index < -0.39 is 29.2 Å². The number of rotatable bonds is 8. The molecule has 5 nitrogen and oxygen atoms in total. The summed E-state index contributed by atoms with van der Waals surface area (Å²) in [6, 6.07) is 18.2. The molecule has 0 radical (unpaired) electrons. The molecule has 0 aliphatic carbocycles. The Labute approximate surface area is 232 Å². The molecular weight excluding hydrogens is 519 g/mol. The van der Waals surface area contributed by atoms with Gasteiger partial charge in [-0.25, -0.2) is 0 Å².